The molecule has 2 aliphatic heterocycles. The summed E-state index contributed by atoms with van der Waals surface area (Å²) >= 11 is 2.72. The number of hydrogen-bond donors (Lipinski definition) is 1. The highest BCUT2D eigenvalue weighted by Gasteiger charge is 2.45. The van der Waals surface area contributed by atoms with Crippen LogP contribution in [0.25, 0.3) is 22.2 Å². The smallest absolute Gasteiger partial charge is 0.253 e. The second-order valence-corrected chi connectivity index (χ2v) is 9.42. The number of nitrogens with zero attached hydrogens (tertiary/aromatic N) is 6. The second kappa shape index (κ2) is 7.78. The van der Waals surface area contributed by atoms with E-state index in [2.05, 4.69) is 20.2 Å². The maximum Gasteiger partial charge on any atom is 0.268 e. The highest BCUT2D eigenvalue weighted by molar-refractivity contribution is 8.04. The number of allylic oxidation sites excluding steroid dienone is 1. The molecule has 2 aromatic heterocycles. The SMILES string of the molecule is N[N+]12C=CN=CC1=C(Sc1nncs1)N=C2c1ccc2ccc(-c3ccccc3)nc2c1F. The van der Waals surface area contributed by atoms with E-state index in [4.69, 9.17) is 10.8 Å². The number of thioether (sulfide) groups is 1. The van der Waals surface area contributed by atoms with Gasteiger partial charge in [0.2, 0.25) is 5.70 Å². The van der Waals surface area contributed by atoms with E-state index < -0.39 is 5.82 Å². The lowest BCUT2D eigenvalue weighted by Gasteiger charge is -2.26. The molecule has 0 saturated heterocycles. The Morgan fingerprint density at radius 1 is 1.03 bits per heavy atom. The Bertz CT molecular complexity index is 1510. The first-order valence-electron chi connectivity index (χ1n) is 9.95. The van der Waals surface area contributed by atoms with Gasteiger partial charge in [-0.25, -0.2) is 9.37 Å². The Morgan fingerprint density at radius 2 is 1.88 bits per heavy atom. The van der Waals surface area contributed by atoms with Crippen molar-refractivity contribution < 1.29 is 8.98 Å². The molecule has 1 unspecified atom stereocenters. The van der Waals surface area contributed by atoms with Crippen molar-refractivity contribution in [1.82, 2.24) is 15.2 Å². The quantitative estimate of drug-likeness (QED) is 0.338. The van der Waals surface area contributed by atoms with Crippen molar-refractivity contribution in [3.8, 4) is 11.3 Å². The third-order valence-electron chi connectivity index (χ3n) is 5.40. The van der Waals surface area contributed by atoms with E-state index in [1.807, 2.05) is 48.5 Å². The molecule has 4 aromatic rings. The van der Waals surface area contributed by atoms with E-state index in [9.17, 15) is 0 Å². The minimum atomic E-state index is -0.468. The van der Waals surface area contributed by atoms with Crippen molar-refractivity contribution in [2.45, 2.75) is 4.34 Å². The van der Waals surface area contributed by atoms with Crippen molar-refractivity contribution in [3.05, 3.63) is 94.6 Å². The molecule has 0 bridgehead atoms. The third kappa shape index (κ3) is 3.31. The fraction of sp³-hybridized carbons (Fsp3) is 0. The molecule has 160 valence electrons. The summed E-state index contributed by atoms with van der Waals surface area (Å²) in [6.07, 6.45) is 4.91. The van der Waals surface area contributed by atoms with Crippen molar-refractivity contribution >= 4 is 46.1 Å². The number of aromatic nitrogens is 3. The number of benzene rings is 2. The first-order chi connectivity index (χ1) is 16.1. The van der Waals surface area contributed by atoms with Crippen LogP contribution in [0.5, 0.6) is 0 Å². The van der Waals surface area contributed by atoms with Gasteiger partial charge < -0.3 is 0 Å². The van der Waals surface area contributed by atoms with Crippen molar-refractivity contribution in [3.63, 3.8) is 0 Å². The van der Waals surface area contributed by atoms with Gasteiger partial charge in [0.25, 0.3) is 5.84 Å². The van der Waals surface area contributed by atoms with Gasteiger partial charge in [-0.05, 0) is 23.9 Å². The van der Waals surface area contributed by atoms with Crippen LogP contribution in [0.1, 0.15) is 5.56 Å². The standard InChI is InChI=1S/C23H15FN7S2/c24-19-16(8-6-15-7-9-17(28-20(15)19)14-4-2-1-3-5-14)21-29-22(33-23-30-27-13-32-23)18-12-26-10-11-31(18,21)25/h1-13H,25H2/q+1. The lowest BCUT2D eigenvalue weighted by Crippen LogP contribution is -2.53. The number of amidine groups is 1. The molecule has 0 radical (unpaired) electrons. The highest BCUT2D eigenvalue weighted by atomic mass is 32.2. The zero-order valence-electron chi connectivity index (χ0n) is 17.0. The maximum atomic E-state index is 15.9. The minimum Gasteiger partial charge on any atom is -0.253 e. The minimum absolute atomic E-state index is 0.268. The van der Waals surface area contributed by atoms with E-state index in [1.54, 1.807) is 30.2 Å². The predicted octanol–water partition coefficient (Wildman–Crippen LogP) is 4.86. The van der Waals surface area contributed by atoms with Gasteiger partial charge in [0.1, 0.15) is 17.2 Å². The Labute approximate surface area is 196 Å². The van der Waals surface area contributed by atoms with Crippen LogP contribution in [0.4, 0.5) is 4.39 Å². The fourth-order valence-electron chi connectivity index (χ4n) is 3.79. The molecule has 2 N–H and O–H groups in total. The van der Waals surface area contributed by atoms with Crippen LogP contribution in [0, 0.1) is 5.82 Å². The summed E-state index contributed by atoms with van der Waals surface area (Å²) < 4.78 is 16.4. The summed E-state index contributed by atoms with van der Waals surface area (Å²) in [5.41, 5.74) is 4.45. The molecule has 1 atom stereocenters. The van der Waals surface area contributed by atoms with Gasteiger partial charge >= 0.3 is 0 Å². The molecule has 0 spiro atoms. The Kier molecular flexibility index (Phi) is 4.73. The number of hydrogen-bond acceptors (Lipinski definition) is 8. The van der Waals surface area contributed by atoms with Crippen molar-refractivity contribution in [2.24, 2.45) is 15.8 Å². The molecule has 7 nitrogen and oxygen atoms in total. The average molecular weight is 473 g/mol. The van der Waals surface area contributed by atoms with Gasteiger partial charge in [-0.3, -0.25) is 4.99 Å². The number of aliphatic imine (C=N–C) groups is 2. The number of pyridine rings is 1. The lowest BCUT2D eigenvalue weighted by molar-refractivity contribution is -0.750. The summed E-state index contributed by atoms with van der Waals surface area (Å²) in [6, 6.07) is 17.0. The molecule has 0 amide bonds. The number of nitrogens with two attached hydrogens (primary N) is 1. The van der Waals surface area contributed by atoms with E-state index in [-0.39, 0.29) is 15.7 Å². The molecule has 10 heteroatoms. The summed E-state index contributed by atoms with van der Waals surface area (Å²) in [5, 5.41) is 9.24. The molecule has 4 heterocycles. The first kappa shape index (κ1) is 20.1. The second-order valence-electron chi connectivity index (χ2n) is 7.35. The molecular weight excluding hydrogens is 457 g/mol. The van der Waals surface area contributed by atoms with Crippen LogP contribution in [-0.4, -0.2) is 31.8 Å². The van der Waals surface area contributed by atoms with Gasteiger partial charge in [-0.15, -0.1) is 14.8 Å². The van der Waals surface area contributed by atoms with Crippen LogP contribution in [0.15, 0.2) is 97.6 Å². The largest absolute Gasteiger partial charge is 0.268 e. The zero-order chi connectivity index (χ0) is 22.4. The van der Waals surface area contributed by atoms with Crippen LogP contribution < -0.4 is 5.84 Å². The summed E-state index contributed by atoms with van der Waals surface area (Å²) in [5.74, 6) is 6.62. The molecule has 2 aliphatic rings. The molecule has 6 rings (SSSR count). The monoisotopic (exact) mass is 472 g/mol. The average Bonchev–Trinajstić information content (AvgIpc) is 3.46. The third-order valence-corrected chi connectivity index (χ3v) is 7.17. The van der Waals surface area contributed by atoms with E-state index in [0.29, 0.717) is 32.0 Å². The molecule has 0 fully saturated rings. The number of halogens is 1. The Hall–Kier alpha value is -3.57. The van der Waals surface area contributed by atoms with Crippen molar-refractivity contribution in [2.75, 3.05) is 0 Å². The van der Waals surface area contributed by atoms with Crippen LogP contribution >= 0.6 is 23.1 Å². The lowest BCUT2D eigenvalue weighted by atomic mass is 10.1. The van der Waals surface area contributed by atoms with E-state index in [0.717, 1.165) is 5.56 Å². The van der Waals surface area contributed by atoms with E-state index >= 15 is 4.39 Å². The molecule has 0 aliphatic carbocycles. The molecular formula is C23H15FN7S2+. The first-order valence-corrected chi connectivity index (χ1v) is 11.6. The number of fused-ring (bicyclic) bond motifs is 2. The van der Waals surface area contributed by atoms with E-state index in [1.165, 1.54) is 23.1 Å². The van der Waals surface area contributed by atoms with Crippen LogP contribution in [0.3, 0.4) is 0 Å². The van der Waals surface area contributed by atoms with Gasteiger partial charge in [-0.2, -0.15) is 10.8 Å². The van der Waals surface area contributed by atoms with Gasteiger partial charge in [-0.1, -0.05) is 53.8 Å². The summed E-state index contributed by atoms with van der Waals surface area (Å²) in [7, 11) is 0. The van der Waals surface area contributed by atoms with Crippen LogP contribution in [-0.2, 0) is 0 Å². The van der Waals surface area contributed by atoms with Crippen molar-refractivity contribution in [1.29, 1.82) is 0 Å². The maximum absolute atomic E-state index is 15.9. The summed E-state index contributed by atoms with van der Waals surface area (Å²) in [6.45, 7) is 0. The predicted molar refractivity (Wildman–Crippen MR) is 129 cm³/mol. The summed E-state index contributed by atoms with van der Waals surface area (Å²) in [4.78, 5) is 13.6. The van der Waals surface area contributed by atoms with Gasteiger partial charge in [0.15, 0.2) is 15.2 Å². The molecule has 33 heavy (non-hydrogen) atoms. The van der Waals surface area contributed by atoms with Gasteiger partial charge in [0, 0.05) is 10.9 Å². The van der Waals surface area contributed by atoms with Gasteiger partial charge in [0.05, 0.1) is 23.7 Å². The number of quaternary nitrogens is 1. The number of rotatable bonds is 4. The molecule has 0 saturated carbocycles. The Morgan fingerprint density at radius 3 is 2.70 bits per heavy atom. The topological polar surface area (TPSA) is 89.4 Å². The van der Waals surface area contributed by atoms with Crippen LogP contribution in [0.2, 0.25) is 0 Å². The normalized spacial score (nSPS) is 19.3. The zero-order valence-corrected chi connectivity index (χ0v) is 18.6. The molecule has 2 aromatic carbocycles. The fourth-order valence-corrected chi connectivity index (χ4v) is 5.32. The highest BCUT2D eigenvalue weighted by Crippen LogP contribution is 2.40. The Balaban J connectivity index is 1.49.